The van der Waals surface area contributed by atoms with E-state index in [4.69, 9.17) is 5.14 Å². The van der Waals surface area contributed by atoms with Crippen LogP contribution in [0.5, 0.6) is 0 Å². The van der Waals surface area contributed by atoms with Gasteiger partial charge in [0.05, 0.1) is 31.6 Å². The van der Waals surface area contributed by atoms with Crippen molar-refractivity contribution < 1.29 is 70.3 Å². The zero-order valence-electron chi connectivity index (χ0n) is 45.9. The van der Waals surface area contributed by atoms with Crippen LogP contribution in [0.25, 0.3) is 0 Å². The van der Waals surface area contributed by atoms with E-state index in [1.54, 1.807) is 54.1 Å². The van der Waals surface area contributed by atoms with Gasteiger partial charge >= 0.3 is 6.03 Å². The molecule has 4 aromatic rings. The number of hydrogen-bond donors (Lipinski definition) is 6. The number of hydrogen-bond acceptors (Lipinski definition) is 12. The summed E-state index contributed by atoms with van der Waals surface area (Å²) in [5.41, 5.74) is 7.60. The van der Waals surface area contributed by atoms with E-state index in [2.05, 4.69) is 15.7 Å². The third-order valence-corrected chi connectivity index (χ3v) is 20.5. The van der Waals surface area contributed by atoms with E-state index < -0.39 is 78.8 Å². The molecule has 21 nitrogen and oxygen atoms in total. The summed E-state index contributed by atoms with van der Waals surface area (Å²) in [6.45, 7) is 5.89. The largest absolute Gasteiger partial charge is 0.354 e. The second-order valence-electron chi connectivity index (χ2n) is 22.0. The van der Waals surface area contributed by atoms with Crippen LogP contribution >= 0.6 is 0 Å². The van der Waals surface area contributed by atoms with Gasteiger partial charge in [0.25, 0.3) is 40.5 Å². The van der Waals surface area contributed by atoms with Gasteiger partial charge < -0.3 is 15.1 Å². The molecular weight excluding hydrogens is 1160 g/mol. The molecule has 2 atom stereocenters. The van der Waals surface area contributed by atoms with E-state index in [1.165, 1.54) is 64.6 Å². The summed E-state index contributed by atoms with van der Waals surface area (Å²) in [7, 11) is -19.9. The number of rotatable bonds is 22. The summed E-state index contributed by atoms with van der Waals surface area (Å²) in [4.78, 5) is 29.7. The number of unbranched alkanes of at least 4 members (excludes halogenated alkanes) is 1. The molecule has 2 heterocycles. The molecule has 4 aliphatic rings. The van der Waals surface area contributed by atoms with Gasteiger partial charge in [0.1, 0.15) is 16.5 Å². The average molecular weight is 1230 g/mol. The number of carbonyl (C=O) groups excluding carboxylic acids is 2. The molecule has 2 aliphatic carbocycles. The summed E-state index contributed by atoms with van der Waals surface area (Å²) >= 11 is 0. The smallest absolute Gasteiger partial charge is 0.344 e. The summed E-state index contributed by atoms with van der Waals surface area (Å²) < 4.78 is 155. The van der Waals surface area contributed by atoms with Crippen molar-refractivity contribution >= 4 is 85.1 Å². The number of carbonyl (C=O) groups is 2. The van der Waals surface area contributed by atoms with Crippen LogP contribution in [0.4, 0.5) is 21.9 Å². The summed E-state index contributed by atoms with van der Waals surface area (Å²) in [5, 5.41) is 9.09. The lowest BCUT2D eigenvalue weighted by molar-refractivity contribution is -0.437. The highest BCUT2D eigenvalue weighted by molar-refractivity contribution is 7.91. The fourth-order valence-corrected chi connectivity index (χ4v) is 14.7. The van der Waals surface area contributed by atoms with E-state index in [1.807, 2.05) is 25.7 Å². The SMILES string of the molecule is CN(Cc1ccc(S(N)(=O)=NC(=O)Nc2c3c(cc4c2CCC4)CCC3)cc1)C(=O)CCCCC1(C)/C(=C/C=C/C=C/C2=[N+](CCCS(=O)(=O)O)c3ccc(S(=O)(=O)O)cc3C2(C)C)N(CCCS(=O)(=O)O)c2ccc(S(=O)(=O)O)cc21. The molecule has 26 heteroatoms. The third-order valence-electron chi connectivity index (χ3n) is 15.8. The van der Waals surface area contributed by atoms with Crippen LogP contribution in [0.15, 0.2) is 122 Å². The average Bonchev–Trinajstić information content (AvgIpc) is 3.77. The summed E-state index contributed by atoms with van der Waals surface area (Å²) in [6, 6.07) is 16.0. The van der Waals surface area contributed by atoms with Gasteiger partial charge in [0.15, 0.2) is 5.71 Å². The van der Waals surface area contributed by atoms with Crippen LogP contribution in [0.1, 0.15) is 111 Å². The Morgan fingerprint density at radius 2 is 1.30 bits per heavy atom. The quantitative estimate of drug-likeness (QED) is 0.0188. The minimum atomic E-state index is -4.69. The van der Waals surface area contributed by atoms with Crippen LogP contribution in [0.3, 0.4) is 0 Å². The third kappa shape index (κ3) is 14.2. The van der Waals surface area contributed by atoms with E-state index in [0.717, 1.165) is 55.3 Å². The second kappa shape index (κ2) is 24.0. The van der Waals surface area contributed by atoms with Gasteiger partial charge in [-0.25, -0.2) is 14.1 Å². The zero-order chi connectivity index (χ0) is 59.8. The van der Waals surface area contributed by atoms with E-state index in [9.17, 15) is 65.7 Å². The van der Waals surface area contributed by atoms with Gasteiger partial charge in [-0.1, -0.05) is 42.8 Å². The van der Waals surface area contributed by atoms with Crippen molar-refractivity contribution in [3.05, 3.63) is 142 Å². The van der Waals surface area contributed by atoms with Crippen molar-refractivity contribution in [3.8, 4) is 0 Å². The molecule has 0 spiro atoms. The number of fused-ring (bicyclic) bond motifs is 4. The van der Waals surface area contributed by atoms with Crippen molar-refractivity contribution in [2.24, 2.45) is 9.50 Å². The van der Waals surface area contributed by atoms with Gasteiger partial charge in [-0.05, 0) is 160 Å². The van der Waals surface area contributed by atoms with Gasteiger partial charge in [0, 0.05) is 73.2 Å². The van der Waals surface area contributed by atoms with Crippen LogP contribution in [0, 0.1) is 0 Å². The van der Waals surface area contributed by atoms with Gasteiger partial charge in [-0.15, -0.1) is 4.36 Å². The predicted octanol–water partition coefficient (Wildman–Crippen LogP) is 8.02. The number of benzene rings is 4. The van der Waals surface area contributed by atoms with Gasteiger partial charge in [-0.3, -0.25) is 23.0 Å². The van der Waals surface area contributed by atoms with Crippen molar-refractivity contribution in [2.45, 2.75) is 130 Å². The fraction of sp³-hybridized carbons (Fsp3) is 0.411. The molecule has 0 radical (unpaired) electrons. The molecule has 0 aromatic heterocycles. The monoisotopic (exact) mass is 1230 g/mol. The number of nitrogens with one attached hydrogen (secondary N) is 1. The Bertz CT molecular complexity index is 3930. The Hall–Kier alpha value is -5.94. The molecule has 7 N–H and O–H groups in total. The standard InChI is InChI=1S/C56H68N6O15S5/c1-55(2)46-35-42(81(72,73)74)25-27-48(46)61(30-12-32-78(65,66)67)50(55)18-6-5-7-19-51-56(3,47-36-43(82(75,76)77)26-28-49(47)62(51)31-13-33-79(68,69)70)29-9-8-20-52(63)60(4)37-38-21-23-41(24-22-38)80(57,71)59-54(64)58-53-44-16-10-14-39(44)34-40-15-11-17-45(40)53/h5-7,18-19,21-28,34-36H,8-17,20,29-33,37H2,1-4H3,(H6-,57,58,59,64,65,66,67,68,69,70,71,72,73,74,75,76,77)/p+1. The Labute approximate surface area is 480 Å². The van der Waals surface area contributed by atoms with E-state index in [-0.39, 0.29) is 59.5 Å². The molecule has 2 unspecified atom stereocenters. The van der Waals surface area contributed by atoms with Crippen molar-refractivity contribution in [1.29, 1.82) is 0 Å². The first kappa shape index (κ1) is 62.1. The number of nitrogens with two attached hydrogens (primary N) is 1. The molecule has 0 fully saturated rings. The number of allylic oxidation sites excluding steroid dienone is 6. The molecule has 82 heavy (non-hydrogen) atoms. The summed E-state index contributed by atoms with van der Waals surface area (Å²) in [6.07, 6.45) is 15.4. The lowest BCUT2D eigenvalue weighted by Gasteiger charge is -2.30. The Morgan fingerprint density at radius 3 is 1.91 bits per heavy atom. The number of urea groups is 1. The van der Waals surface area contributed by atoms with E-state index in [0.29, 0.717) is 58.7 Å². The number of anilines is 2. The summed E-state index contributed by atoms with van der Waals surface area (Å²) in [5.74, 6) is -1.30. The van der Waals surface area contributed by atoms with Crippen molar-refractivity contribution in [3.63, 3.8) is 0 Å². The molecule has 4 aromatic carbocycles. The molecule has 2 aliphatic heterocycles. The van der Waals surface area contributed by atoms with Gasteiger partial charge in [0.2, 0.25) is 11.6 Å². The predicted molar refractivity (Wildman–Crippen MR) is 312 cm³/mol. The van der Waals surface area contributed by atoms with Crippen molar-refractivity contribution in [2.75, 3.05) is 41.9 Å². The molecule has 0 saturated carbocycles. The zero-order valence-corrected chi connectivity index (χ0v) is 50.0. The van der Waals surface area contributed by atoms with Crippen LogP contribution < -0.4 is 15.4 Å². The first-order valence-electron chi connectivity index (χ1n) is 26.7. The highest BCUT2D eigenvalue weighted by Crippen LogP contribution is 2.52. The number of amides is 3. The molecular formula is C56H69N6O15S5+. The molecule has 0 bridgehead atoms. The lowest BCUT2D eigenvalue weighted by atomic mass is 9.77. The van der Waals surface area contributed by atoms with Crippen LogP contribution in [0.2, 0.25) is 0 Å². The second-order valence-corrected chi connectivity index (χ2v) is 29.7. The van der Waals surface area contributed by atoms with E-state index >= 15 is 0 Å². The normalized spacial score (nSPS) is 18.9. The number of nitrogens with zero attached hydrogens (tertiary/aromatic N) is 4. The van der Waals surface area contributed by atoms with Crippen molar-refractivity contribution in [1.82, 2.24) is 4.90 Å². The highest BCUT2D eigenvalue weighted by atomic mass is 32.2. The Balaban J connectivity index is 0.987. The van der Waals surface area contributed by atoms with Crippen LogP contribution in [-0.2, 0) is 98.2 Å². The topological polar surface area (TPSA) is 329 Å². The van der Waals surface area contributed by atoms with Gasteiger partial charge in [-0.2, -0.15) is 38.2 Å². The number of aryl methyl sites for hydroxylation is 2. The maximum atomic E-state index is 13.6. The minimum Gasteiger partial charge on any atom is -0.344 e. The van der Waals surface area contributed by atoms with Crippen LogP contribution in [-0.4, -0.2) is 115 Å². The Morgan fingerprint density at radius 1 is 0.720 bits per heavy atom. The maximum Gasteiger partial charge on any atom is 0.354 e. The highest BCUT2D eigenvalue weighted by Gasteiger charge is 2.46. The maximum absolute atomic E-state index is 13.6. The molecule has 442 valence electrons. The fourth-order valence-electron chi connectivity index (χ4n) is 11.8. The molecule has 8 rings (SSSR count). The first-order valence-corrected chi connectivity index (χ1v) is 34.4. The Kier molecular flexibility index (Phi) is 18.2. The first-order chi connectivity index (χ1) is 38.3. The lowest BCUT2D eigenvalue weighted by Crippen LogP contribution is -2.30. The minimum absolute atomic E-state index is 0.0136. The molecule has 3 amide bonds. The molecule has 0 saturated heterocycles.